The summed E-state index contributed by atoms with van der Waals surface area (Å²) in [6, 6.07) is 11.3. The summed E-state index contributed by atoms with van der Waals surface area (Å²) in [5.74, 6) is -0.566. The van der Waals surface area contributed by atoms with E-state index in [-0.39, 0.29) is 22.9 Å². The molecule has 0 aliphatic carbocycles. The first kappa shape index (κ1) is 21.1. The van der Waals surface area contributed by atoms with Gasteiger partial charge in [-0.15, -0.1) is 6.58 Å². The third-order valence-corrected chi connectivity index (χ3v) is 5.02. The molecule has 2 rings (SSSR count). The lowest BCUT2D eigenvalue weighted by molar-refractivity contribution is -0.386. The Morgan fingerprint density at radius 1 is 1.25 bits per heavy atom. The molecule has 0 heterocycles. The Morgan fingerprint density at radius 2 is 1.89 bits per heavy atom. The zero-order chi connectivity index (χ0) is 20.7. The van der Waals surface area contributed by atoms with Crippen LogP contribution >= 0.6 is 0 Å². The highest BCUT2D eigenvalue weighted by atomic mass is 32.2. The van der Waals surface area contributed by atoms with Crippen molar-refractivity contribution in [1.82, 2.24) is 4.72 Å². The molecule has 0 aliphatic rings. The number of hydrogen-bond acceptors (Lipinski definition) is 6. The second kappa shape index (κ2) is 9.11. The van der Waals surface area contributed by atoms with Crippen LogP contribution in [0.2, 0.25) is 0 Å². The maximum Gasteiger partial charge on any atom is 0.310 e. The zero-order valence-corrected chi connectivity index (χ0v) is 15.8. The van der Waals surface area contributed by atoms with Crippen LogP contribution in [0.3, 0.4) is 0 Å². The maximum atomic E-state index is 12.3. The number of hydrogen-bond donors (Lipinski definition) is 2. The largest absolute Gasteiger partial charge is 0.474 e. The van der Waals surface area contributed by atoms with Crippen molar-refractivity contribution in [3.05, 3.63) is 71.3 Å². The molecule has 2 aromatic rings. The third kappa shape index (κ3) is 5.38. The Balaban J connectivity index is 2.05. The van der Waals surface area contributed by atoms with Crippen molar-refractivity contribution in [1.29, 1.82) is 0 Å². The van der Waals surface area contributed by atoms with Crippen molar-refractivity contribution < 1.29 is 22.9 Å². The summed E-state index contributed by atoms with van der Waals surface area (Å²) in [5, 5.41) is 13.6. The van der Waals surface area contributed by atoms with Gasteiger partial charge in [0.1, 0.15) is 0 Å². The van der Waals surface area contributed by atoms with E-state index in [1.54, 1.807) is 6.07 Å². The molecular weight excluding hydrogens is 386 g/mol. The number of nitrogens with zero attached hydrogens (tertiary/aromatic N) is 1. The summed E-state index contributed by atoms with van der Waals surface area (Å²) < 4.78 is 31.7. The fourth-order valence-corrected chi connectivity index (χ4v) is 3.16. The van der Waals surface area contributed by atoms with Crippen molar-refractivity contribution in [2.45, 2.75) is 17.9 Å². The first-order valence-corrected chi connectivity index (χ1v) is 9.64. The minimum Gasteiger partial charge on any atom is -0.474 e. The highest BCUT2D eigenvalue weighted by Gasteiger charge is 2.21. The molecule has 0 saturated heterocycles. The molecule has 0 radical (unpaired) electrons. The molecule has 0 saturated carbocycles. The molecule has 0 aliphatic heterocycles. The van der Waals surface area contributed by atoms with Crippen molar-refractivity contribution in [2.24, 2.45) is 0 Å². The van der Waals surface area contributed by atoms with Gasteiger partial charge in [-0.1, -0.05) is 18.2 Å². The van der Waals surface area contributed by atoms with Crippen LogP contribution in [0.15, 0.2) is 66.1 Å². The summed E-state index contributed by atoms with van der Waals surface area (Å²) in [5.41, 5.74) is 0.106. The molecule has 0 aromatic heterocycles. The van der Waals surface area contributed by atoms with E-state index in [0.29, 0.717) is 5.69 Å². The molecule has 148 valence electrons. The minimum absolute atomic E-state index is 0.0233. The third-order valence-electron chi connectivity index (χ3n) is 3.58. The second-order valence-corrected chi connectivity index (χ2v) is 7.41. The van der Waals surface area contributed by atoms with Gasteiger partial charge in [0.2, 0.25) is 10.0 Å². The van der Waals surface area contributed by atoms with E-state index in [1.807, 2.05) is 0 Å². The molecule has 0 spiro atoms. The van der Waals surface area contributed by atoms with Crippen LogP contribution in [-0.2, 0) is 14.8 Å². The second-order valence-electron chi connectivity index (χ2n) is 5.64. The molecule has 0 fully saturated rings. The van der Waals surface area contributed by atoms with Gasteiger partial charge in [0.15, 0.2) is 11.9 Å². The summed E-state index contributed by atoms with van der Waals surface area (Å²) >= 11 is 0. The average molecular weight is 405 g/mol. The summed E-state index contributed by atoms with van der Waals surface area (Å²) in [6.07, 6.45) is 0.406. The van der Waals surface area contributed by atoms with Crippen molar-refractivity contribution in [3.8, 4) is 5.75 Å². The van der Waals surface area contributed by atoms with Crippen LogP contribution < -0.4 is 14.8 Å². The van der Waals surface area contributed by atoms with E-state index in [4.69, 9.17) is 4.74 Å². The number of anilines is 1. The smallest absolute Gasteiger partial charge is 0.310 e. The van der Waals surface area contributed by atoms with Crippen LogP contribution in [0.25, 0.3) is 0 Å². The first-order valence-electron chi connectivity index (χ1n) is 8.16. The number of amides is 1. The number of carbonyl (C=O) groups is 1. The predicted molar refractivity (Wildman–Crippen MR) is 104 cm³/mol. The Bertz CT molecular complexity index is 973. The molecule has 2 N–H and O–H groups in total. The normalized spacial score (nSPS) is 12.0. The first-order chi connectivity index (χ1) is 13.2. The van der Waals surface area contributed by atoms with Gasteiger partial charge in [0, 0.05) is 18.3 Å². The monoisotopic (exact) mass is 405 g/mol. The van der Waals surface area contributed by atoms with E-state index in [0.717, 1.165) is 0 Å². The highest BCUT2D eigenvalue weighted by Crippen LogP contribution is 2.27. The number of nitro groups is 1. The van der Waals surface area contributed by atoms with E-state index in [2.05, 4.69) is 16.6 Å². The fourth-order valence-electron chi connectivity index (χ4n) is 2.16. The lowest BCUT2D eigenvalue weighted by Gasteiger charge is -2.15. The number of sulfonamides is 1. The highest BCUT2D eigenvalue weighted by molar-refractivity contribution is 7.89. The summed E-state index contributed by atoms with van der Waals surface area (Å²) in [7, 11) is -3.66. The van der Waals surface area contributed by atoms with Gasteiger partial charge in [0.05, 0.1) is 9.82 Å². The number of benzene rings is 2. The van der Waals surface area contributed by atoms with Gasteiger partial charge in [-0.05, 0) is 37.3 Å². The number of carbonyl (C=O) groups excluding carboxylic acids is 1. The Kier molecular flexibility index (Phi) is 6.85. The average Bonchev–Trinajstić information content (AvgIpc) is 2.67. The zero-order valence-electron chi connectivity index (χ0n) is 15.0. The lowest BCUT2D eigenvalue weighted by atomic mass is 10.2. The number of ether oxygens (including phenoxy) is 1. The predicted octanol–water partition coefficient (Wildman–Crippen LogP) is 2.47. The van der Waals surface area contributed by atoms with Gasteiger partial charge < -0.3 is 10.1 Å². The van der Waals surface area contributed by atoms with Gasteiger partial charge in [-0.3, -0.25) is 14.9 Å². The summed E-state index contributed by atoms with van der Waals surface area (Å²) in [6.45, 7) is 4.99. The van der Waals surface area contributed by atoms with Gasteiger partial charge in [-0.25, -0.2) is 13.1 Å². The van der Waals surface area contributed by atoms with E-state index in [1.165, 1.54) is 55.5 Å². The Hall–Kier alpha value is -3.24. The van der Waals surface area contributed by atoms with Crippen molar-refractivity contribution >= 4 is 27.3 Å². The van der Waals surface area contributed by atoms with Crippen LogP contribution in [0.1, 0.15) is 6.92 Å². The number of nitro benzene ring substituents is 1. The minimum atomic E-state index is -3.66. The maximum absolute atomic E-state index is 12.3. The van der Waals surface area contributed by atoms with Crippen LogP contribution in [-0.4, -0.2) is 31.9 Å². The van der Waals surface area contributed by atoms with Crippen molar-refractivity contribution in [2.75, 3.05) is 11.9 Å². The lowest BCUT2D eigenvalue weighted by Crippen LogP contribution is -2.30. The fraction of sp³-hybridized carbons (Fsp3) is 0.167. The molecule has 0 unspecified atom stereocenters. The van der Waals surface area contributed by atoms with Crippen LogP contribution in [0, 0.1) is 10.1 Å². The number of nitrogens with one attached hydrogen (secondary N) is 2. The molecule has 9 nitrogen and oxygen atoms in total. The molecule has 28 heavy (non-hydrogen) atoms. The molecule has 0 bridgehead atoms. The SMILES string of the molecule is C=CCNS(=O)(=O)c1ccc(NC(=O)[C@H](C)Oc2ccccc2[N+](=O)[O-])cc1. The van der Waals surface area contributed by atoms with Gasteiger partial charge >= 0.3 is 5.69 Å². The summed E-state index contributed by atoms with van der Waals surface area (Å²) in [4.78, 5) is 22.7. The van der Waals surface area contributed by atoms with Crippen molar-refractivity contribution in [3.63, 3.8) is 0 Å². The van der Waals surface area contributed by atoms with E-state index < -0.39 is 27.0 Å². The van der Waals surface area contributed by atoms with Crippen LogP contribution in [0.4, 0.5) is 11.4 Å². The standard InChI is InChI=1S/C18H19N3O6S/c1-3-12-19-28(25,26)15-10-8-14(9-11-15)20-18(22)13(2)27-17-7-5-4-6-16(17)21(23)24/h3-11,13,19H,1,12H2,2H3,(H,20,22)/t13-/m0/s1. The molecule has 1 atom stereocenters. The van der Waals surface area contributed by atoms with Gasteiger partial charge in [-0.2, -0.15) is 0 Å². The van der Waals surface area contributed by atoms with Gasteiger partial charge in [0.25, 0.3) is 5.91 Å². The topological polar surface area (TPSA) is 128 Å². The Morgan fingerprint density at radius 3 is 2.50 bits per heavy atom. The number of rotatable bonds is 9. The van der Waals surface area contributed by atoms with E-state index >= 15 is 0 Å². The molecule has 10 heteroatoms. The quantitative estimate of drug-likeness (QED) is 0.375. The Labute approximate surface area is 162 Å². The van der Waals surface area contributed by atoms with E-state index in [9.17, 15) is 23.3 Å². The molecular formula is C18H19N3O6S. The molecule has 2 aromatic carbocycles. The number of para-hydroxylation sites is 2. The molecule has 1 amide bonds. The van der Waals surface area contributed by atoms with Crippen LogP contribution in [0.5, 0.6) is 5.75 Å².